The van der Waals surface area contributed by atoms with Gasteiger partial charge in [0.2, 0.25) is 41.4 Å². The van der Waals surface area contributed by atoms with Crippen molar-refractivity contribution in [1.29, 1.82) is 0 Å². The molecule has 0 bridgehead atoms. The lowest BCUT2D eigenvalue weighted by Crippen LogP contribution is -2.49. The molecule has 0 aliphatic rings. The maximum Gasteiger partial charge on any atom is 0.408 e. The number of aliphatic carboxylic acids is 4. The van der Waals surface area contributed by atoms with Crippen LogP contribution in [-0.4, -0.2) is 305 Å². The normalized spacial score (nSPS) is 12.5. The number of benzene rings is 4. The first-order chi connectivity index (χ1) is 64.7. The third-order valence-electron chi connectivity index (χ3n) is 17.9. The molecule has 0 unspecified atom stereocenters. The van der Waals surface area contributed by atoms with Crippen molar-refractivity contribution < 1.29 is 149 Å². The Labute approximate surface area is 781 Å². The number of carbonyl (C=O) groups excluding carboxylic acids is 9. The molecule has 13 N–H and O–H groups in total. The molecule has 746 valence electrons. The number of azo groups is 2. The minimum absolute atomic E-state index is 0.0482. The standard InChI is InChI=1S/C88H128N16O31/c1-87(2,3)134-85(120)98-72(83(116)117)57-61(81(112)113)9-7-11-75(106)93-63-13-21-67(22-14-63)100-102-69-25-17-65(18-26-69)95-78(109)59-90-74(105)30-29-71(97-77(108)31-33-122-35-37-124-39-41-126-43-45-128-47-49-130-51-53-132-55-56-133-54-52-131-50-48-129-46-44-127-42-40-125-38-36-123-34-32-92-104-89)80(111)91-60-79(110)96-66-19-27-70(28-20-66)103-101-68-23-15-64(16-24-68)94-76(107)12-8-10-62(82(114)115)58-73(84(118)119)99-86(121)135-88(4,5)6/h13-28,61-62,71-73H,7-12,29-60H2,1-6H3,(H,90,105)(H,91,111)(H,93,106)(H,94,107)(H,95,109)(H,96,110)(H,97,108)(H,98,120)(H,99,121)(H,112,113)(H,114,115)(H,116,117)(H,118,119)/b102-100+,103-101+/t61-,62-,71+,72-,73-/m0/s1. The lowest BCUT2D eigenvalue weighted by molar-refractivity contribution is -0.146. The van der Waals surface area contributed by atoms with E-state index in [4.69, 9.17) is 71.8 Å². The number of rotatable bonds is 74. The van der Waals surface area contributed by atoms with Crippen LogP contribution in [0.5, 0.6) is 0 Å². The van der Waals surface area contributed by atoms with E-state index in [2.05, 4.69) is 78.3 Å². The number of carboxylic acids is 4. The summed E-state index contributed by atoms with van der Waals surface area (Å²) in [6.45, 7) is 17.2. The molecule has 4 aromatic rings. The van der Waals surface area contributed by atoms with Gasteiger partial charge in [-0.15, -0.1) is 0 Å². The third-order valence-corrected chi connectivity index (χ3v) is 17.9. The lowest BCUT2D eigenvalue weighted by atomic mass is 9.94. The number of azide groups is 1. The van der Waals surface area contributed by atoms with Crippen molar-refractivity contribution in [3.63, 3.8) is 0 Å². The number of carboxylic acid groups (broad SMARTS) is 4. The van der Waals surface area contributed by atoms with Gasteiger partial charge in [-0.2, -0.15) is 20.5 Å². The topological polar surface area (TPSA) is 639 Å². The first-order valence-electron chi connectivity index (χ1n) is 43.8. The molecule has 0 aliphatic carbocycles. The maximum absolute atomic E-state index is 13.7. The molecule has 4 aromatic carbocycles. The molecule has 0 radical (unpaired) electrons. The fraction of sp³-hybridized carbons (Fsp3) is 0.580. The van der Waals surface area contributed by atoms with E-state index >= 15 is 0 Å². The summed E-state index contributed by atoms with van der Waals surface area (Å²) < 4.78 is 76.1. The highest BCUT2D eigenvalue weighted by Crippen LogP contribution is 2.26. The summed E-state index contributed by atoms with van der Waals surface area (Å²) in [6, 6.07) is 20.6. The Hall–Kier alpha value is -12.4. The molecule has 0 spiro atoms. The van der Waals surface area contributed by atoms with Gasteiger partial charge >= 0.3 is 36.1 Å². The minimum Gasteiger partial charge on any atom is -0.481 e. The second kappa shape index (κ2) is 68.6. The zero-order valence-electron chi connectivity index (χ0n) is 76.9. The van der Waals surface area contributed by atoms with Gasteiger partial charge in [-0.25, -0.2) is 19.2 Å². The van der Waals surface area contributed by atoms with E-state index in [0.29, 0.717) is 171 Å². The van der Waals surface area contributed by atoms with E-state index in [9.17, 15) is 82.8 Å². The Morgan fingerprint density at radius 3 is 0.881 bits per heavy atom. The number of hydrogen-bond acceptors (Lipinski definition) is 32. The summed E-state index contributed by atoms with van der Waals surface area (Å²) in [4.78, 5) is 167. The number of ether oxygens (including phenoxy) is 14. The van der Waals surface area contributed by atoms with Crippen molar-refractivity contribution in [1.82, 2.24) is 26.6 Å². The first kappa shape index (κ1) is 115. The van der Waals surface area contributed by atoms with Gasteiger partial charge in [0.05, 0.1) is 206 Å². The van der Waals surface area contributed by atoms with Crippen LogP contribution in [0.3, 0.4) is 0 Å². The summed E-state index contributed by atoms with van der Waals surface area (Å²) >= 11 is 0. The SMILES string of the molecule is CC(C)(C)OC(=O)N[C@@H](C[C@H](CCCC(=O)Nc1ccc(/N=N/c2ccc(NC(=O)CNC(=O)CC[C@@H](NC(=O)CCOCCOCCOCCOCCOCCOCCOCCOCCOCCOCCOCCOCCN=[N+]=[N-])C(=O)NCC(=O)Nc3ccc(/N=N/c4ccc(NC(=O)CCC[C@@H](C[C@H](NC(=O)OC(C)(C)C)C(=O)O)C(=O)O)cc4)cc3)cc2)cc1)C(=O)O)C(=O)O. The van der Waals surface area contributed by atoms with Crippen LogP contribution in [0.25, 0.3) is 10.4 Å². The number of nitrogens with one attached hydrogen (secondary N) is 9. The van der Waals surface area contributed by atoms with Crippen molar-refractivity contribution >= 4 is 123 Å². The van der Waals surface area contributed by atoms with E-state index in [1.54, 1.807) is 126 Å². The van der Waals surface area contributed by atoms with Gasteiger partial charge in [-0.3, -0.25) is 43.2 Å². The van der Waals surface area contributed by atoms with Crippen LogP contribution < -0.4 is 47.9 Å². The van der Waals surface area contributed by atoms with Crippen LogP contribution in [0.2, 0.25) is 0 Å². The van der Waals surface area contributed by atoms with Crippen molar-refractivity contribution in [2.45, 2.75) is 141 Å². The van der Waals surface area contributed by atoms with Crippen LogP contribution in [0.1, 0.15) is 112 Å². The van der Waals surface area contributed by atoms with Crippen LogP contribution in [0.15, 0.2) is 123 Å². The summed E-state index contributed by atoms with van der Waals surface area (Å²) in [7, 11) is 0. The highest BCUT2D eigenvalue weighted by Gasteiger charge is 2.33. The quantitative estimate of drug-likeness (QED) is 0.00849. The predicted octanol–water partition coefficient (Wildman–Crippen LogP) is 8.85. The highest BCUT2D eigenvalue weighted by molar-refractivity contribution is 5.97. The second-order valence-electron chi connectivity index (χ2n) is 31.4. The first-order valence-corrected chi connectivity index (χ1v) is 43.8. The van der Waals surface area contributed by atoms with Crippen LogP contribution in [-0.2, 0) is 119 Å². The minimum atomic E-state index is -1.54. The number of hydrogen-bond donors (Lipinski definition) is 13. The van der Waals surface area contributed by atoms with Crippen LogP contribution >= 0.6 is 0 Å². The number of alkyl carbamates (subject to hydrolysis) is 2. The molecule has 0 fully saturated rings. The van der Waals surface area contributed by atoms with Crippen LogP contribution in [0, 0.1) is 11.8 Å². The second-order valence-corrected chi connectivity index (χ2v) is 31.4. The Bertz CT molecular complexity index is 4330. The third kappa shape index (κ3) is 59.1. The van der Waals surface area contributed by atoms with Gasteiger partial charge in [0.25, 0.3) is 0 Å². The monoisotopic (exact) mass is 1900 g/mol. The van der Waals surface area contributed by atoms with E-state index < -0.39 is 145 Å². The summed E-state index contributed by atoms with van der Waals surface area (Å²) in [6.07, 6.45) is -3.79. The molecular weight excluding hydrogens is 1780 g/mol. The molecule has 0 saturated carbocycles. The average Bonchev–Trinajstić information content (AvgIpc) is 0.884. The number of amides is 9. The molecule has 0 aromatic heterocycles. The van der Waals surface area contributed by atoms with Crippen molar-refractivity contribution in [2.75, 3.05) is 199 Å². The molecule has 47 heteroatoms. The fourth-order valence-corrected chi connectivity index (χ4v) is 11.4. The molecule has 0 saturated heterocycles. The molecule has 9 amide bonds. The zero-order chi connectivity index (χ0) is 98.7. The highest BCUT2D eigenvalue weighted by atomic mass is 16.6. The summed E-state index contributed by atoms with van der Waals surface area (Å²) in [5, 5.41) is 81.6. The smallest absolute Gasteiger partial charge is 0.408 e. The molecule has 47 nitrogen and oxygen atoms in total. The lowest BCUT2D eigenvalue weighted by Gasteiger charge is -2.23. The van der Waals surface area contributed by atoms with Crippen molar-refractivity contribution in [2.24, 2.45) is 37.4 Å². The van der Waals surface area contributed by atoms with Gasteiger partial charge in [0.1, 0.15) is 29.3 Å². The van der Waals surface area contributed by atoms with E-state index in [0.717, 1.165) is 0 Å². The molecule has 0 aliphatic heterocycles. The molecule has 4 rings (SSSR count). The van der Waals surface area contributed by atoms with Gasteiger partial charge in [-0.1, -0.05) is 5.11 Å². The Morgan fingerprint density at radius 2 is 0.600 bits per heavy atom. The summed E-state index contributed by atoms with van der Waals surface area (Å²) in [5.41, 5.74) is 9.45. The molecule has 135 heavy (non-hydrogen) atoms. The predicted molar refractivity (Wildman–Crippen MR) is 485 cm³/mol. The Balaban J connectivity index is 1.16. The molecule has 5 atom stereocenters. The maximum atomic E-state index is 13.7. The van der Waals surface area contributed by atoms with Gasteiger partial charge in [0, 0.05) is 59.9 Å². The Morgan fingerprint density at radius 1 is 0.319 bits per heavy atom. The number of nitrogens with zero attached hydrogens (tertiary/aromatic N) is 7. The van der Waals surface area contributed by atoms with Gasteiger partial charge < -0.3 is 135 Å². The van der Waals surface area contributed by atoms with E-state index in [1.165, 1.54) is 12.1 Å². The number of carbonyl (C=O) groups is 13. The zero-order valence-corrected chi connectivity index (χ0v) is 76.9. The van der Waals surface area contributed by atoms with E-state index in [1.807, 2.05) is 0 Å². The number of anilines is 4. The van der Waals surface area contributed by atoms with E-state index in [-0.39, 0.29) is 97.4 Å². The fourth-order valence-electron chi connectivity index (χ4n) is 11.4. The van der Waals surface area contributed by atoms with Gasteiger partial charge in [0.15, 0.2) is 0 Å². The Kier molecular flexibility index (Phi) is 58.4. The largest absolute Gasteiger partial charge is 0.481 e. The van der Waals surface area contributed by atoms with Crippen LogP contribution in [0.4, 0.5) is 55.1 Å². The molecular formula is C88H128N16O31. The average molecular weight is 1910 g/mol. The summed E-state index contributed by atoms with van der Waals surface area (Å²) in [5.74, 6) is -12.0. The van der Waals surface area contributed by atoms with Crippen molar-refractivity contribution in [3.05, 3.63) is 108 Å². The molecule has 0 heterocycles. The van der Waals surface area contributed by atoms with Gasteiger partial charge in [-0.05, 0) is 189 Å². The van der Waals surface area contributed by atoms with Crippen molar-refractivity contribution in [3.8, 4) is 0 Å².